The van der Waals surface area contributed by atoms with Crippen LogP contribution in [-0.4, -0.2) is 15.9 Å². The Bertz CT molecular complexity index is 829. The number of aromatic nitrogens is 2. The lowest BCUT2D eigenvalue weighted by Crippen LogP contribution is -2.26. The number of hydrogen-bond acceptors (Lipinski definition) is 3. The number of ether oxygens (including phenoxy) is 1. The molecule has 1 atom stereocenters. The van der Waals surface area contributed by atoms with E-state index in [1.165, 1.54) is 4.68 Å². The Morgan fingerprint density at radius 2 is 1.96 bits per heavy atom. The standard InChI is InChI=1S/C20H24N2O2/c1-7-15(5)24-19-17(12-13(2)3)21-22(6)20(23)18(19)16-11-9-8-10-14(16)4/h1,8-11,13,15H,12H2,2-6H3. The van der Waals surface area contributed by atoms with Gasteiger partial charge in [-0.1, -0.05) is 44.0 Å². The van der Waals surface area contributed by atoms with Gasteiger partial charge in [0, 0.05) is 7.05 Å². The molecule has 2 aromatic rings. The highest BCUT2D eigenvalue weighted by Gasteiger charge is 2.22. The third kappa shape index (κ3) is 3.68. The lowest BCUT2D eigenvalue weighted by Gasteiger charge is -2.19. The first kappa shape index (κ1) is 17.8. The average molecular weight is 324 g/mol. The summed E-state index contributed by atoms with van der Waals surface area (Å²) in [7, 11) is 1.67. The summed E-state index contributed by atoms with van der Waals surface area (Å²) in [6.45, 7) is 7.98. The summed E-state index contributed by atoms with van der Waals surface area (Å²) in [6, 6.07) is 7.77. The Balaban J connectivity index is 2.80. The Labute approximate surface area is 143 Å². The first-order valence-electron chi connectivity index (χ1n) is 8.14. The van der Waals surface area contributed by atoms with Crippen molar-refractivity contribution in [2.75, 3.05) is 0 Å². The zero-order valence-corrected chi connectivity index (χ0v) is 15.0. The van der Waals surface area contributed by atoms with Gasteiger partial charge < -0.3 is 4.74 Å². The Kier molecular flexibility index (Phi) is 5.46. The third-order valence-electron chi connectivity index (χ3n) is 3.81. The molecule has 4 heteroatoms. The largest absolute Gasteiger partial charge is 0.475 e. The summed E-state index contributed by atoms with van der Waals surface area (Å²) in [5.41, 5.74) is 2.96. The molecule has 1 heterocycles. The van der Waals surface area contributed by atoms with Crippen molar-refractivity contribution >= 4 is 0 Å². The highest BCUT2D eigenvalue weighted by Crippen LogP contribution is 2.33. The van der Waals surface area contributed by atoms with Crippen LogP contribution in [0, 0.1) is 25.2 Å². The molecular weight excluding hydrogens is 300 g/mol. The number of hydrogen-bond donors (Lipinski definition) is 0. The van der Waals surface area contributed by atoms with Crippen molar-refractivity contribution in [2.45, 2.75) is 40.2 Å². The Hall–Kier alpha value is -2.54. The van der Waals surface area contributed by atoms with E-state index in [1.807, 2.05) is 31.2 Å². The van der Waals surface area contributed by atoms with Crippen molar-refractivity contribution < 1.29 is 4.74 Å². The molecule has 0 saturated carbocycles. The predicted molar refractivity (Wildman–Crippen MR) is 97.1 cm³/mol. The maximum atomic E-state index is 12.8. The average Bonchev–Trinajstić information content (AvgIpc) is 2.53. The van der Waals surface area contributed by atoms with Gasteiger partial charge in [-0.25, -0.2) is 4.68 Å². The number of terminal acetylenes is 1. The molecule has 0 aliphatic rings. The highest BCUT2D eigenvalue weighted by atomic mass is 16.5. The lowest BCUT2D eigenvalue weighted by molar-refractivity contribution is 0.272. The molecule has 4 nitrogen and oxygen atoms in total. The molecule has 1 unspecified atom stereocenters. The molecule has 1 aromatic heterocycles. The van der Waals surface area contributed by atoms with Crippen LogP contribution in [0.4, 0.5) is 0 Å². The second-order valence-corrected chi connectivity index (χ2v) is 6.42. The maximum Gasteiger partial charge on any atom is 0.278 e. The molecular formula is C20H24N2O2. The van der Waals surface area contributed by atoms with Gasteiger partial charge in [-0.15, -0.1) is 6.42 Å². The van der Waals surface area contributed by atoms with E-state index in [4.69, 9.17) is 11.2 Å². The van der Waals surface area contributed by atoms with Crippen LogP contribution in [0.1, 0.15) is 32.0 Å². The quantitative estimate of drug-likeness (QED) is 0.792. The van der Waals surface area contributed by atoms with E-state index in [9.17, 15) is 4.79 Å². The van der Waals surface area contributed by atoms with E-state index in [0.717, 1.165) is 16.8 Å². The van der Waals surface area contributed by atoms with Gasteiger partial charge in [-0.05, 0) is 37.3 Å². The van der Waals surface area contributed by atoms with Crippen molar-refractivity contribution in [3.63, 3.8) is 0 Å². The summed E-state index contributed by atoms with van der Waals surface area (Å²) >= 11 is 0. The zero-order valence-electron chi connectivity index (χ0n) is 15.0. The number of rotatable bonds is 5. The topological polar surface area (TPSA) is 44.1 Å². The van der Waals surface area contributed by atoms with Crippen LogP contribution in [0.15, 0.2) is 29.1 Å². The fourth-order valence-corrected chi connectivity index (χ4v) is 2.62. The fourth-order valence-electron chi connectivity index (χ4n) is 2.62. The molecule has 24 heavy (non-hydrogen) atoms. The molecule has 126 valence electrons. The van der Waals surface area contributed by atoms with E-state index < -0.39 is 6.10 Å². The SMILES string of the molecule is C#CC(C)Oc1c(CC(C)C)nn(C)c(=O)c1-c1ccccc1C. The first-order chi connectivity index (χ1) is 11.3. The van der Waals surface area contributed by atoms with Crippen molar-refractivity contribution in [3.8, 4) is 29.2 Å². The molecule has 0 saturated heterocycles. The van der Waals surface area contributed by atoms with E-state index in [0.29, 0.717) is 23.7 Å². The monoisotopic (exact) mass is 324 g/mol. The predicted octanol–water partition coefficient (Wildman–Crippen LogP) is 3.35. The van der Waals surface area contributed by atoms with Gasteiger partial charge in [0.15, 0.2) is 11.9 Å². The first-order valence-corrected chi connectivity index (χ1v) is 8.14. The third-order valence-corrected chi connectivity index (χ3v) is 3.81. The van der Waals surface area contributed by atoms with Gasteiger partial charge in [0.2, 0.25) is 0 Å². The second kappa shape index (κ2) is 7.35. The number of nitrogens with zero attached hydrogens (tertiary/aromatic N) is 2. The minimum Gasteiger partial charge on any atom is -0.475 e. The van der Waals surface area contributed by atoms with E-state index in [1.54, 1.807) is 14.0 Å². The van der Waals surface area contributed by atoms with Crippen molar-refractivity contribution in [1.82, 2.24) is 9.78 Å². The molecule has 0 radical (unpaired) electrons. The van der Waals surface area contributed by atoms with Crippen molar-refractivity contribution in [2.24, 2.45) is 13.0 Å². The van der Waals surface area contributed by atoms with Gasteiger partial charge in [0.05, 0.1) is 5.56 Å². The molecule has 0 spiro atoms. The molecule has 2 rings (SSSR count). The number of aryl methyl sites for hydroxylation is 2. The van der Waals surface area contributed by atoms with E-state index in [-0.39, 0.29) is 5.56 Å². The lowest BCUT2D eigenvalue weighted by atomic mass is 9.98. The highest BCUT2D eigenvalue weighted by molar-refractivity contribution is 5.73. The van der Waals surface area contributed by atoms with Crippen LogP contribution in [0.5, 0.6) is 5.75 Å². The summed E-state index contributed by atoms with van der Waals surface area (Å²) in [4.78, 5) is 12.8. The van der Waals surface area contributed by atoms with Crippen LogP contribution < -0.4 is 10.3 Å². The molecule has 0 aliphatic heterocycles. The van der Waals surface area contributed by atoms with Crippen molar-refractivity contribution in [1.29, 1.82) is 0 Å². The minimum atomic E-state index is -0.437. The second-order valence-electron chi connectivity index (χ2n) is 6.42. The molecule has 0 bridgehead atoms. The molecule has 0 aliphatic carbocycles. The van der Waals surface area contributed by atoms with Gasteiger partial charge in [-0.2, -0.15) is 5.10 Å². The van der Waals surface area contributed by atoms with Crippen LogP contribution in [-0.2, 0) is 13.5 Å². The normalized spacial score (nSPS) is 12.0. The van der Waals surface area contributed by atoms with Gasteiger partial charge in [0.1, 0.15) is 5.69 Å². The summed E-state index contributed by atoms with van der Waals surface area (Å²) < 4.78 is 7.34. The Morgan fingerprint density at radius 3 is 2.54 bits per heavy atom. The molecule has 0 N–H and O–H groups in total. The van der Waals surface area contributed by atoms with Gasteiger partial charge >= 0.3 is 0 Å². The van der Waals surface area contributed by atoms with E-state index >= 15 is 0 Å². The molecule has 0 amide bonds. The van der Waals surface area contributed by atoms with Gasteiger partial charge in [0.25, 0.3) is 5.56 Å². The van der Waals surface area contributed by atoms with Crippen LogP contribution in [0.3, 0.4) is 0 Å². The van der Waals surface area contributed by atoms with Crippen LogP contribution >= 0.6 is 0 Å². The summed E-state index contributed by atoms with van der Waals surface area (Å²) in [6.07, 6.45) is 5.75. The molecule has 0 fully saturated rings. The van der Waals surface area contributed by atoms with Crippen molar-refractivity contribution in [3.05, 3.63) is 45.9 Å². The smallest absolute Gasteiger partial charge is 0.278 e. The molecule has 1 aromatic carbocycles. The van der Waals surface area contributed by atoms with Crippen LogP contribution in [0.2, 0.25) is 0 Å². The van der Waals surface area contributed by atoms with Crippen LogP contribution in [0.25, 0.3) is 11.1 Å². The summed E-state index contributed by atoms with van der Waals surface area (Å²) in [5.74, 6) is 3.45. The Morgan fingerprint density at radius 1 is 1.29 bits per heavy atom. The zero-order chi connectivity index (χ0) is 17.9. The van der Waals surface area contributed by atoms with E-state index in [2.05, 4.69) is 24.9 Å². The maximum absolute atomic E-state index is 12.8. The fraction of sp³-hybridized carbons (Fsp3) is 0.400. The summed E-state index contributed by atoms with van der Waals surface area (Å²) in [5, 5.41) is 4.43. The minimum absolute atomic E-state index is 0.184. The van der Waals surface area contributed by atoms with Gasteiger partial charge in [-0.3, -0.25) is 4.79 Å². The number of benzene rings is 1.